The van der Waals surface area contributed by atoms with E-state index >= 15 is 0 Å². The van der Waals surface area contributed by atoms with Gasteiger partial charge < -0.3 is 14.6 Å². The number of aliphatic carboxylic acids is 1. The van der Waals surface area contributed by atoms with Gasteiger partial charge in [0.1, 0.15) is 11.8 Å². The number of carboxylic acids is 1. The van der Waals surface area contributed by atoms with Gasteiger partial charge in [0.2, 0.25) is 10.0 Å². The van der Waals surface area contributed by atoms with Crippen LogP contribution in [-0.4, -0.2) is 56.7 Å². The summed E-state index contributed by atoms with van der Waals surface area (Å²) in [5.41, 5.74) is 0.665. The molecule has 0 aliphatic carbocycles. The minimum absolute atomic E-state index is 0.0182. The number of aryl methyl sites for hydroxylation is 1. The molecule has 116 valence electrons. The monoisotopic (exact) mass is 315 g/mol. The first kappa shape index (κ1) is 15.7. The topological polar surface area (TPSA) is 93.1 Å². The Hall–Kier alpha value is -1.64. The molecule has 0 amide bonds. The maximum absolute atomic E-state index is 12.6. The summed E-state index contributed by atoms with van der Waals surface area (Å²) >= 11 is 0. The third kappa shape index (κ3) is 3.02. The van der Waals surface area contributed by atoms with Crippen LogP contribution < -0.4 is 4.74 Å². The van der Waals surface area contributed by atoms with Gasteiger partial charge in [-0.1, -0.05) is 0 Å². The molecule has 1 atom stereocenters. The quantitative estimate of drug-likeness (QED) is 0.868. The predicted molar refractivity (Wildman–Crippen MR) is 73.9 cm³/mol. The van der Waals surface area contributed by atoms with Crippen LogP contribution in [0.4, 0.5) is 0 Å². The maximum Gasteiger partial charge on any atom is 0.324 e. The lowest BCUT2D eigenvalue weighted by Crippen LogP contribution is -2.52. The van der Waals surface area contributed by atoms with Crippen LogP contribution in [0.3, 0.4) is 0 Å². The fourth-order valence-corrected chi connectivity index (χ4v) is 3.85. The molecular weight excluding hydrogens is 298 g/mol. The standard InChI is InChI=1S/C13H17NO6S/c1-9-7-10(3-4-12(9)19-2)21(17,18)14-5-6-20-8-11(14)13(15)16/h3-4,7,11H,5-6,8H2,1-2H3,(H,15,16). The van der Waals surface area contributed by atoms with Crippen molar-refractivity contribution in [2.24, 2.45) is 0 Å². The second-order valence-electron chi connectivity index (χ2n) is 4.68. The van der Waals surface area contributed by atoms with Crippen LogP contribution >= 0.6 is 0 Å². The smallest absolute Gasteiger partial charge is 0.324 e. The number of carbonyl (C=O) groups is 1. The van der Waals surface area contributed by atoms with Gasteiger partial charge in [-0.3, -0.25) is 4.79 Å². The Morgan fingerprint density at radius 1 is 1.48 bits per heavy atom. The van der Waals surface area contributed by atoms with Crippen molar-refractivity contribution in [1.29, 1.82) is 0 Å². The van der Waals surface area contributed by atoms with Crippen LogP contribution in [0, 0.1) is 6.92 Å². The van der Waals surface area contributed by atoms with Crippen molar-refractivity contribution in [2.75, 3.05) is 26.9 Å². The third-order valence-corrected chi connectivity index (χ3v) is 5.24. The van der Waals surface area contributed by atoms with Crippen LogP contribution in [0.25, 0.3) is 0 Å². The van der Waals surface area contributed by atoms with Crippen molar-refractivity contribution in [1.82, 2.24) is 4.31 Å². The minimum atomic E-state index is -3.89. The number of hydrogen-bond acceptors (Lipinski definition) is 5. The Morgan fingerprint density at radius 2 is 2.19 bits per heavy atom. The van der Waals surface area contributed by atoms with Gasteiger partial charge in [0, 0.05) is 6.54 Å². The van der Waals surface area contributed by atoms with Crippen molar-refractivity contribution in [2.45, 2.75) is 17.9 Å². The summed E-state index contributed by atoms with van der Waals surface area (Å²) in [6.45, 7) is 1.78. The van der Waals surface area contributed by atoms with Gasteiger partial charge in [-0.15, -0.1) is 0 Å². The first-order chi connectivity index (χ1) is 9.87. The number of rotatable bonds is 4. The summed E-state index contributed by atoms with van der Waals surface area (Å²) in [4.78, 5) is 11.3. The number of carboxylic acid groups (broad SMARTS) is 1. The van der Waals surface area contributed by atoms with Gasteiger partial charge in [-0.2, -0.15) is 4.31 Å². The SMILES string of the molecule is COc1ccc(S(=O)(=O)N2CCOCC2C(=O)O)cc1C. The van der Waals surface area contributed by atoms with Crippen molar-refractivity contribution in [3.63, 3.8) is 0 Å². The number of ether oxygens (including phenoxy) is 2. The van der Waals surface area contributed by atoms with Crippen molar-refractivity contribution in [3.05, 3.63) is 23.8 Å². The van der Waals surface area contributed by atoms with E-state index in [1.165, 1.54) is 19.2 Å². The molecule has 21 heavy (non-hydrogen) atoms. The molecule has 0 bridgehead atoms. The van der Waals surface area contributed by atoms with E-state index in [-0.39, 0.29) is 24.7 Å². The predicted octanol–water partition coefficient (Wildman–Crippen LogP) is 0.478. The van der Waals surface area contributed by atoms with Gasteiger partial charge in [-0.25, -0.2) is 8.42 Å². The summed E-state index contributed by atoms with van der Waals surface area (Å²) in [5.74, 6) is -0.644. The Labute approximate surface area is 123 Å². The van der Waals surface area contributed by atoms with Gasteiger partial charge in [-0.05, 0) is 30.7 Å². The Morgan fingerprint density at radius 3 is 2.76 bits per heavy atom. The van der Waals surface area contributed by atoms with E-state index in [2.05, 4.69) is 0 Å². The molecule has 7 nitrogen and oxygen atoms in total. The van der Waals surface area contributed by atoms with E-state index in [0.717, 1.165) is 4.31 Å². The Kier molecular flexibility index (Phi) is 4.50. The second-order valence-corrected chi connectivity index (χ2v) is 6.57. The zero-order valence-corrected chi connectivity index (χ0v) is 12.6. The van der Waals surface area contributed by atoms with E-state index in [4.69, 9.17) is 14.6 Å². The average Bonchev–Trinajstić information content (AvgIpc) is 2.47. The summed E-state index contributed by atoms with van der Waals surface area (Å²) in [6, 6.07) is 3.24. The van der Waals surface area contributed by atoms with E-state index < -0.39 is 22.0 Å². The highest BCUT2D eigenvalue weighted by Gasteiger charge is 2.38. The first-order valence-electron chi connectivity index (χ1n) is 6.35. The molecule has 1 heterocycles. The molecule has 0 aromatic heterocycles. The van der Waals surface area contributed by atoms with E-state index in [1.54, 1.807) is 13.0 Å². The van der Waals surface area contributed by atoms with Crippen LogP contribution in [-0.2, 0) is 19.6 Å². The average molecular weight is 315 g/mol. The Bertz CT molecular complexity index is 642. The molecule has 8 heteroatoms. The molecule has 1 aliphatic rings. The largest absolute Gasteiger partial charge is 0.496 e. The summed E-state index contributed by atoms with van der Waals surface area (Å²) < 4.78 is 36.4. The number of sulfonamides is 1. The first-order valence-corrected chi connectivity index (χ1v) is 7.79. The molecule has 0 saturated carbocycles. The highest BCUT2D eigenvalue weighted by molar-refractivity contribution is 7.89. The third-order valence-electron chi connectivity index (χ3n) is 3.34. The molecular formula is C13H17NO6S. The molecule has 1 aromatic carbocycles. The summed E-state index contributed by atoms with van der Waals surface area (Å²) in [7, 11) is -2.39. The lowest BCUT2D eigenvalue weighted by atomic mass is 10.2. The van der Waals surface area contributed by atoms with Crippen LogP contribution in [0.1, 0.15) is 5.56 Å². The normalized spacial score (nSPS) is 20.2. The van der Waals surface area contributed by atoms with Gasteiger partial charge in [0.25, 0.3) is 0 Å². The fourth-order valence-electron chi connectivity index (χ4n) is 2.22. The number of morpholine rings is 1. The zero-order chi connectivity index (χ0) is 15.6. The molecule has 1 N–H and O–H groups in total. The highest BCUT2D eigenvalue weighted by atomic mass is 32.2. The van der Waals surface area contributed by atoms with Gasteiger partial charge in [0.15, 0.2) is 0 Å². The molecule has 1 fully saturated rings. The summed E-state index contributed by atoms with van der Waals surface area (Å²) in [5, 5.41) is 9.15. The van der Waals surface area contributed by atoms with E-state index in [1.807, 2.05) is 0 Å². The van der Waals surface area contributed by atoms with Crippen molar-refractivity contribution in [3.8, 4) is 5.75 Å². The lowest BCUT2D eigenvalue weighted by Gasteiger charge is -2.31. The van der Waals surface area contributed by atoms with Gasteiger partial charge >= 0.3 is 5.97 Å². The maximum atomic E-state index is 12.6. The molecule has 1 aliphatic heterocycles. The van der Waals surface area contributed by atoms with Gasteiger partial charge in [0.05, 0.1) is 25.2 Å². The number of methoxy groups -OCH3 is 1. The van der Waals surface area contributed by atoms with Crippen molar-refractivity contribution < 1.29 is 27.8 Å². The molecule has 1 saturated heterocycles. The zero-order valence-electron chi connectivity index (χ0n) is 11.8. The fraction of sp³-hybridized carbons (Fsp3) is 0.462. The van der Waals surface area contributed by atoms with Crippen LogP contribution in [0.5, 0.6) is 5.75 Å². The number of hydrogen-bond donors (Lipinski definition) is 1. The lowest BCUT2D eigenvalue weighted by molar-refractivity contribution is -0.146. The van der Waals surface area contributed by atoms with E-state index in [0.29, 0.717) is 11.3 Å². The Balaban J connectivity index is 2.40. The molecule has 1 unspecified atom stereocenters. The molecule has 0 radical (unpaired) electrons. The minimum Gasteiger partial charge on any atom is -0.496 e. The second kappa shape index (κ2) is 6.00. The summed E-state index contributed by atoms with van der Waals surface area (Å²) in [6.07, 6.45) is 0. The van der Waals surface area contributed by atoms with Crippen molar-refractivity contribution >= 4 is 16.0 Å². The molecule has 0 spiro atoms. The molecule has 1 aromatic rings. The van der Waals surface area contributed by atoms with E-state index in [9.17, 15) is 13.2 Å². The molecule has 2 rings (SSSR count). The highest BCUT2D eigenvalue weighted by Crippen LogP contribution is 2.25. The number of nitrogens with zero attached hydrogens (tertiary/aromatic N) is 1. The number of benzene rings is 1. The van der Waals surface area contributed by atoms with Crippen LogP contribution in [0.2, 0.25) is 0 Å². The van der Waals surface area contributed by atoms with Crippen LogP contribution in [0.15, 0.2) is 23.1 Å².